The van der Waals surface area contributed by atoms with Crippen LogP contribution in [0.25, 0.3) is 0 Å². The van der Waals surface area contributed by atoms with Crippen LogP contribution in [0.2, 0.25) is 0 Å². The Hall–Kier alpha value is -3.02. The number of nitrogens with zero attached hydrogens (tertiary/aromatic N) is 1. The van der Waals surface area contributed by atoms with Crippen molar-refractivity contribution < 1.29 is 19.4 Å². The van der Waals surface area contributed by atoms with Crippen LogP contribution in [0.1, 0.15) is 68.6 Å². The number of hydrogen-bond donors (Lipinski definition) is 2. The fourth-order valence-corrected chi connectivity index (χ4v) is 3.04. The average Bonchev–Trinajstić information content (AvgIpc) is 2.66. The minimum atomic E-state index is -0.380. The first kappa shape index (κ1) is 23.3. The molecule has 0 aliphatic carbocycles. The molecule has 6 nitrogen and oxygen atoms in total. The third-order valence-corrected chi connectivity index (χ3v) is 4.74. The van der Waals surface area contributed by atoms with E-state index >= 15 is 0 Å². The topological polar surface area (TPSA) is 80.2 Å². The summed E-state index contributed by atoms with van der Waals surface area (Å²) >= 11 is 0. The molecule has 30 heavy (non-hydrogen) atoms. The van der Waals surface area contributed by atoms with Crippen LogP contribution in [-0.4, -0.2) is 31.4 Å². The quantitative estimate of drug-likeness (QED) is 0.548. The van der Waals surface area contributed by atoms with E-state index in [2.05, 4.69) is 10.5 Å². The third kappa shape index (κ3) is 5.53. The van der Waals surface area contributed by atoms with E-state index in [1.807, 2.05) is 53.7 Å². The van der Waals surface area contributed by atoms with Crippen LogP contribution in [0.15, 0.2) is 35.4 Å². The number of rotatable bonds is 5. The molecular weight excluding hydrogens is 380 g/mol. The van der Waals surface area contributed by atoms with E-state index in [4.69, 9.17) is 9.47 Å². The van der Waals surface area contributed by atoms with Gasteiger partial charge in [0.2, 0.25) is 0 Å². The Morgan fingerprint density at radius 2 is 1.37 bits per heavy atom. The molecule has 162 valence electrons. The average molecular weight is 413 g/mol. The number of methoxy groups -OCH3 is 2. The van der Waals surface area contributed by atoms with Crippen LogP contribution in [0, 0.1) is 0 Å². The molecule has 2 rings (SSSR count). The first-order valence-electron chi connectivity index (χ1n) is 9.81. The van der Waals surface area contributed by atoms with Crippen molar-refractivity contribution >= 4 is 12.1 Å². The summed E-state index contributed by atoms with van der Waals surface area (Å²) in [4.78, 5) is 12.5. The highest BCUT2D eigenvalue weighted by molar-refractivity contribution is 5.95. The summed E-state index contributed by atoms with van der Waals surface area (Å²) < 4.78 is 10.4. The molecule has 0 unspecified atom stereocenters. The molecule has 0 radical (unpaired) electrons. The second kappa shape index (κ2) is 8.78. The number of hydrazone groups is 1. The zero-order chi connectivity index (χ0) is 22.7. The summed E-state index contributed by atoms with van der Waals surface area (Å²) in [7, 11) is 3.05. The molecule has 0 heterocycles. The van der Waals surface area contributed by atoms with Gasteiger partial charge in [0.25, 0.3) is 5.91 Å². The highest BCUT2D eigenvalue weighted by Gasteiger charge is 2.26. The van der Waals surface area contributed by atoms with Gasteiger partial charge in [-0.1, -0.05) is 41.5 Å². The maximum atomic E-state index is 12.5. The first-order chi connectivity index (χ1) is 13.9. The van der Waals surface area contributed by atoms with Gasteiger partial charge in [-0.25, -0.2) is 5.43 Å². The summed E-state index contributed by atoms with van der Waals surface area (Å²) in [5, 5.41) is 14.9. The number of phenolic OH excluding ortho intramolecular Hbond substituents is 1. The molecule has 1 amide bonds. The van der Waals surface area contributed by atoms with Crippen molar-refractivity contribution in [1.82, 2.24) is 5.43 Å². The summed E-state index contributed by atoms with van der Waals surface area (Å²) in [6.45, 7) is 12.3. The van der Waals surface area contributed by atoms with Gasteiger partial charge in [0.1, 0.15) is 17.2 Å². The maximum Gasteiger partial charge on any atom is 0.271 e. The maximum absolute atomic E-state index is 12.5. The number of phenols is 1. The Balaban J connectivity index is 2.33. The Kier molecular flexibility index (Phi) is 6.80. The van der Waals surface area contributed by atoms with Crippen molar-refractivity contribution in [2.75, 3.05) is 14.2 Å². The number of amides is 1. The number of nitrogens with one attached hydrogen (secondary N) is 1. The summed E-state index contributed by atoms with van der Waals surface area (Å²) in [5.41, 5.74) is 4.89. The van der Waals surface area contributed by atoms with Crippen LogP contribution in [0.3, 0.4) is 0 Å². The predicted octanol–water partition coefficient (Wildman–Crippen LogP) is 4.77. The molecule has 0 aliphatic heterocycles. The molecule has 2 N–H and O–H groups in total. The lowest BCUT2D eigenvalue weighted by molar-refractivity contribution is 0.0954. The van der Waals surface area contributed by atoms with Crippen molar-refractivity contribution in [3.05, 3.63) is 52.6 Å². The van der Waals surface area contributed by atoms with Crippen molar-refractivity contribution in [2.45, 2.75) is 52.4 Å². The number of benzene rings is 2. The van der Waals surface area contributed by atoms with Crippen molar-refractivity contribution in [3.8, 4) is 17.2 Å². The number of carbonyl (C=O) groups is 1. The number of aromatic hydroxyl groups is 1. The van der Waals surface area contributed by atoms with E-state index in [0.717, 1.165) is 16.7 Å². The number of carbonyl (C=O) groups excluding carboxylic acids is 1. The second-order valence-corrected chi connectivity index (χ2v) is 9.27. The highest BCUT2D eigenvalue weighted by atomic mass is 16.5. The summed E-state index contributed by atoms with van der Waals surface area (Å²) in [5.74, 6) is 0.965. The molecule has 0 fully saturated rings. The predicted molar refractivity (Wildman–Crippen MR) is 120 cm³/mol. The van der Waals surface area contributed by atoms with Gasteiger partial charge in [-0.2, -0.15) is 5.10 Å². The Labute approximate surface area is 178 Å². The summed E-state index contributed by atoms with van der Waals surface area (Å²) in [6.07, 6.45) is 1.58. The lowest BCUT2D eigenvalue weighted by Crippen LogP contribution is -2.19. The Bertz CT molecular complexity index is 893. The monoisotopic (exact) mass is 412 g/mol. The van der Waals surface area contributed by atoms with E-state index < -0.39 is 0 Å². The molecule has 0 saturated heterocycles. The van der Waals surface area contributed by atoms with Gasteiger partial charge in [0.05, 0.1) is 20.4 Å². The van der Waals surface area contributed by atoms with Gasteiger partial charge in [-0.15, -0.1) is 0 Å². The minimum absolute atomic E-state index is 0.242. The standard InChI is InChI=1S/C24H32N2O4/c1-23(2,3)19-9-15(10-20(21(19)27)24(4,5)6)14-25-26-22(28)16-11-17(29-7)13-18(12-16)30-8/h9-14,27H,1-8H3,(H,26,28)/b25-14+. The van der Waals surface area contributed by atoms with Crippen LogP contribution in [-0.2, 0) is 10.8 Å². The van der Waals surface area contributed by atoms with Crippen molar-refractivity contribution in [2.24, 2.45) is 5.10 Å². The SMILES string of the molecule is COc1cc(OC)cc(C(=O)N/N=C/c2cc(C(C)(C)C)c(O)c(C(C)(C)C)c2)c1. The molecule has 6 heteroatoms. The Morgan fingerprint density at radius 1 is 0.900 bits per heavy atom. The fraction of sp³-hybridized carbons (Fsp3) is 0.417. The minimum Gasteiger partial charge on any atom is -0.507 e. The molecule has 2 aromatic carbocycles. The fourth-order valence-electron chi connectivity index (χ4n) is 3.04. The van der Waals surface area contributed by atoms with Gasteiger partial charge in [0, 0.05) is 22.8 Å². The second-order valence-electron chi connectivity index (χ2n) is 9.27. The van der Waals surface area contributed by atoms with Gasteiger partial charge in [-0.3, -0.25) is 4.79 Å². The first-order valence-corrected chi connectivity index (χ1v) is 9.81. The molecule has 0 bridgehead atoms. The number of ether oxygens (including phenoxy) is 2. The van der Waals surface area contributed by atoms with Crippen LogP contribution < -0.4 is 14.9 Å². The van der Waals surface area contributed by atoms with Crippen molar-refractivity contribution in [3.63, 3.8) is 0 Å². The molecule has 0 aliphatic rings. The van der Waals surface area contributed by atoms with Gasteiger partial charge >= 0.3 is 0 Å². The summed E-state index contributed by atoms with van der Waals surface area (Å²) in [6, 6.07) is 8.72. The largest absolute Gasteiger partial charge is 0.507 e. The highest BCUT2D eigenvalue weighted by Crippen LogP contribution is 2.39. The molecule has 2 aromatic rings. The van der Waals surface area contributed by atoms with Gasteiger partial charge in [0.15, 0.2) is 0 Å². The molecule has 0 saturated carbocycles. The van der Waals surface area contributed by atoms with Crippen molar-refractivity contribution in [1.29, 1.82) is 0 Å². The Morgan fingerprint density at radius 3 is 1.77 bits per heavy atom. The van der Waals surface area contributed by atoms with E-state index in [0.29, 0.717) is 22.8 Å². The van der Waals surface area contributed by atoms with E-state index in [-0.39, 0.29) is 16.7 Å². The van der Waals surface area contributed by atoms with Crippen LogP contribution >= 0.6 is 0 Å². The molecule has 0 aromatic heterocycles. The van der Waals surface area contributed by atoms with E-state index in [9.17, 15) is 9.90 Å². The lowest BCUT2D eigenvalue weighted by atomic mass is 9.78. The van der Waals surface area contributed by atoms with Gasteiger partial charge in [-0.05, 0) is 40.7 Å². The molecular formula is C24H32N2O4. The van der Waals surface area contributed by atoms with Gasteiger partial charge < -0.3 is 14.6 Å². The van der Waals surface area contributed by atoms with E-state index in [1.54, 1.807) is 24.4 Å². The van der Waals surface area contributed by atoms with E-state index in [1.165, 1.54) is 14.2 Å². The molecule has 0 atom stereocenters. The zero-order valence-electron chi connectivity index (χ0n) is 19.1. The third-order valence-electron chi connectivity index (χ3n) is 4.74. The van der Waals surface area contributed by atoms with Crippen LogP contribution in [0.5, 0.6) is 17.2 Å². The smallest absolute Gasteiger partial charge is 0.271 e. The molecule has 0 spiro atoms. The lowest BCUT2D eigenvalue weighted by Gasteiger charge is -2.27. The normalized spacial score (nSPS) is 12.1. The number of hydrogen-bond acceptors (Lipinski definition) is 5. The van der Waals surface area contributed by atoms with Crippen LogP contribution in [0.4, 0.5) is 0 Å². The zero-order valence-corrected chi connectivity index (χ0v) is 19.1.